The molecule has 0 radical (unpaired) electrons. The van der Waals surface area contributed by atoms with Gasteiger partial charge in [-0.3, -0.25) is 0 Å². The molecule has 0 saturated carbocycles. The summed E-state index contributed by atoms with van der Waals surface area (Å²) in [6, 6.07) is 10.1. The summed E-state index contributed by atoms with van der Waals surface area (Å²) in [5, 5.41) is 6.25. The van der Waals surface area contributed by atoms with E-state index in [0.29, 0.717) is 0 Å². The van der Waals surface area contributed by atoms with Crippen molar-refractivity contribution in [3.8, 4) is 0 Å². The highest BCUT2D eigenvalue weighted by molar-refractivity contribution is 9.10. The molecule has 0 aliphatic rings. The fourth-order valence-corrected chi connectivity index (χ4v) is 3.06. The van der Waals surface area contributed by atoms with Gasteiger partial charge in [0, 0.05) is 27.5 Å². The van der Waals surface area contributed by atoms with Crippen LogP contribution in [0.25, 0.3) is 0 Å². The molecule has 4 heteroatoms. The number of nitrogens with one attached hydrogen (secondary N) is 1. The molecular weight excluding hydrogens is 306 g/mol. The molecule has 0 fully saturated rings. The maximum Gasteiger partial charge on any atom is 0.0420 e. The number of hydrogen-bond donors (Lipinski definition) is 1. The predicted octanol–water partition coefficient (Wildman–Crippen LogP) is 4.45. The first-order valence-electron chi connectivity index (χ1n) is 4.92. The van der Waals surface area contributed by atoms with Gasteiger partial charge in [-0.1, -0.05) is 33.6 Å². The maximum atomic E-state index is 5.97. The quantitative estimate of drug-likeness (QED) is 0.878. The third kappa shape index (κ3) is 3.59. The lowest BCUT2D eigenvalue weighted by molar-refractivity contribution is 0.701. The Morgan fingerprint density at radius 1 is 1.25 bits per heavy atom. The Balaban J connectivity index is 1.89. The van der Waals surface area contributed by atoms with Crippen LogP contribution in [0.5, 0.6) is 0 Å². The minimum atomic E-state index is 0.766. The molecule has 1 nitrogen and oxygen atoms in total. The zero-order valence-corrected chi connectivity index (χ0v) is 11.7. The van der Waals surface area contributed by atoms with Gasteiger partial charge in [0.2, 0.25) is 0 Å². The van der Waals surface area contributed by atoms with Gasteiger partial charge in [0.25, 0.3) is 0 Å². The van der Waals surface area contributed by atoms with Crippen LogP contribution in [0.1, 0.15) is 10.4 Å². The van der Waals surface area contributed by atoms with Crippen LogP contribution < -0.4 is 5.32 Å². The van der Waals surface area contributed by atoms with Crippen molar-refractivity contribution < 1.29 is 0 Å². The monoisotopic (exact) mass is 315 g/mol. The van der Waals surface area contributed by atoms with E-state index in [1.54, 1.807) is 11.3 Å². The smallest absolute Gasteiger partial charge is 0.0420 e. The van der Waals surface area contributed by atoms with E-state index >= 15 is 0 Å². The summed E-state index contributed by atoms with van der Waals surface area (Å²) in [6.45, 7) is 1.73. The Kier molecular flexibility index (Phi) is 4.41. The molecule has 0 aliphatic heterocycles. The van der Waals surface area contributed by atoms with Crippen molar-refractivity contribution in [3.63, 3.8) is 0 Å². The molecule has 1 heterocycles. The summed E-state index contributed by atoms with van der Waals surface area (Å²) in [5.74, 6) is 0. The summed E-state index contributed by atoms with van der Waals surface area (Å²) in [7, 11) is 0. The summed E-state index contributed by atoms with van der Waals surface area (Å²) in [6.07, 6.45) is 0. The molecule has 1 N–H and O–H groups in total. The molecule has 0 amide bonds. The zero-order chi connectivity index (χ0) is 11.4. The lowest BCUT2D eigenvalue weighted by Gasteiger charge is -2.04. The molecule has 0 aliphatic carbocycles. The highest BCUT2D eigenvalue weighted by Crippen LogP contribution is 2.19. The lowest BCUT2D eigenvalue weighted by Crippen LogP contribution is -2.11. The van der Waals surface area contributed by atoms with Gasteiger partial charge in [-0.2, -0.15) is 0 Å². The fourth-order valence-electron chi connectivity index (χ4n) is 1.46. The molecule has 0 saturated heterocycles. The van der Waals surface area contributed by atoms with E-state index in [-0.39, 0.29) is 0 Å². The number of thiophene rings is 1. The average Bonchev–Trinajstić information content (AvgIpc) is 2.69. The zero-order valence-electron chi connectivity index (χ0n) is 8.54. The van der Waals surface area contributed by atoms with Crippen LogP contribution >= 0.6 is 38.9 Å². The summed E-state index contributed by atoms with van der Waals surface area (Å²) >= 11 is 11.2. The van der Waals surface area contributed by atoms with Crippen LogP contribution in [0.4, 0.5) is 0 Å². The summed E-state index contributed by atoms with van der Waals surface area (Å²) in [4.78, 5) is 1.35. The minimum absolute atomic E-state index is 0.766. The molecule has 0 spiro atoms. The van der Waals surface area contributed by atoms with Crippen LogP contribution in [0, 0.1) is 0 Å². The Morgan fingerprint density at radius 2 is 2.12 bits per heavy atom. The maximum absolute atomic E-state index is 5.97. The van der Waals surface area contributed by atoms with Gasteiger partial charge in [-0.05, 0) is 35.2 Å². The van der Waals surface area contributed by atoms with E-state index in [2.05, 4.69) is 44.8 Å². The largest absolute Gasteiger partial charge is 0.308 e. The Labute approximate surface area is 113 Å². The number of benzene rings is 1. The van der Waals surface area contributed by atoms with Crippen molar-refractivity contribution in [2.45, 2.75) is 13.1 Å². The van der Waals surface area contributed by atoms with Crippen molar-refractivity contribution in [2.75, 3.05) is 0 Å². The van der Waals surface area contributed by atoms with Crippen molar-refractivity contribution in [3.05, 3.63) is 55.6 Å². The van der Waals surface area contributed by atoms with Crippen LogP contribution in [-0.2, 0) is 13.1 Å². The SMILES string of the molecule is Clc1cc(Br)cc(CNCc2cccs2)c1. The normalized spacial score (nSPS) is 10.6. The first-order valence-corrected chi connectivity index (χ1v) is 6.97. The molecule has 84 valence electrons. The van der Waals surface area contributed by atoms with Crippen LogP contribution in [-0.4, -0.2) is 0 Å². The number of halogens is 2. The topological polar surface area (TPSA) is 12.0 Å². The molecule has 2 rings (SSSR count). The molecule has 16 heavy (non-hydrogen) atoms. The fraction of sp³-hybridized carbons (Fsp3) is 0.167. The Bertz CT molecular complexity index is 436. The van der Waals surface area contributed by atoms with E-state index in [9.17, 15) is 0 Å². The predicted molar refractivity (Wildman–Crippen MR) is 74.0 cm³/mol. The van der Waals surface area contributed by atoms with Gasteiger partial charge in [0.05, 0.1) is 0 Å². The van der Waals surface area contributed by atoms with Crippen molar-refractivity contribution in [2.24, 2.45) is 0 Å². The average molecular weight is 317 g/mol. The first-order chi connectivity index (χ1) is 7.74. The van der Waals surface area contributed by atoms with Gasteiger partial charge in [0.15, 0.2) is 0 Å². The summed E-state index contributed by atoms with van der Waals surface area (Å²) < 4.78 is 1.02. The van der Waals surface area contributed by atoms with Crippen molar-refractivity contribution in [1.29, 1.82) is 0 Å². The van der Waals surface area contributed by atoms with Crippen LogP contribution in [0.2, 0.25) is 5.02 Å². The van der Waals surface area contributed by atoms with Gasteiger partial charge in [-0.25, -0.2) is 0 Å². The third-order valence-electron chi connectivity index (χ3n) is 2.13. The second kappa shape index (κ2) is 5.82. The van der Waals surface area contributed by atoms with E-state index in [1.807, 2.05) is 12.1 Å². The van der Waals surface area contributed by atoms with E-state index in [1.165, 1.54) is 10.4 Å². The van der Waals surface area contributed by atoms with E-state index < -0.39 is 0 Å². The molecule has 0 unspecified atom stereocenters. The molecule has 0 atom stereocenters. The highest BCUT2D eigenvalue weighted by atomic mass is 79.9. The minimum Gasteiger partial charge on any atom is -0.308 e. The lowest BCUT2D eigenvalue weighted by atomic mass is 10.2. The molecule has 0 bridgehead atoms. The van der Waals surface area contributed by atoms with E-state index in [4.69, 9.17) is 11.6 Å². The standard InChI is InChI=1S/C12H11BrClNS/c13-10-4-9(5-11(14)6-10)7-15-8-12-2-1-3-16-12/h1-6,15H,7-8H2. The van der Waals surface area contributed by atoms with Crippen molar-refractivity contribution in [1.82, 2.24) is 5.32 Å². The number of hydrogen-bond acceptors (Lipinski definition) is 2. The second-order valence-electron chi connectivity index (χ2n) is 3.46. The molecule has 1 aromatic carbocycles. The van der Waals surface area contributed by atoms with Gasteiger partial charge in [0.1, 0.15) is 0 Å². The number of rotatable bonds is 4. The van der Waals surface area contributed by atoms with Gasteiger partial charge >= 0.3 is 0 Å². The van der Waals surface area contributed by atoms with Crippen LogP contribution in [0.15, 0.2) is 40.2 Å². The van der Waals surface area contributed by atoms with E-state index in [0.717, 1.165) is 22.6 Å². The Morgan fingerprint density at radius 3 is 2.81 bits per heavy atom. The molecular formula is C12H11BrClNS. The van der Waals surface area contributed by atoms with Crippen LogP contribution in [0.3, 0.4) is 0 Å². The van der Waals surface area contributed by atoms with Gasteiger partial charge in [-0.15, -0.1) is 11.3 Å². The summed E-state index contributed by atoms with van der Waals surface area (Å²) in [5.41, 5.74) is 1.19. The van der Waals surface area contributed by atoms with Gasteiger partial charge < -0.3 is 5.32 Å². The second-order valence-corrected chi connectivity index (χ2v) is 5.84. The first kappa shape index (κ1) is 12.1. The third-order valence-corrected chi connectivity index (χ3v) is 3.68. The Hall–Kier alpha value is -0.350. The molecule has 2 aromatic rings. The molecule has 1 aromatic heterocycles. The highest BCUT2D eigenvalue weighted by Gasteiger charge is 1.98. The van der Waals surface area contributed by atoms with Crippen molar-refractivity contribution >= 4 is 38.9 Å².